The fourth-order valence-electron chi connectivity index (χ4n) is 2.12. The van der Waals surface area contributed by atoms with Crippen molar-refractivity contribution < 1.29 is 14.9 Å². The van der Waals surface area contributed by atoms with Gasteiger partial charge in [-0.25, -0.2) is 4.79 Å². The summed E-state index contributed by atoms with van der Waals surface area (Å²) in [6.07, 6.45) is 0.717. The molecule has 3 N–H and O–H groups in total. The van der Waals surface area contributed by atoms with Gasteiger partial charge in [0.1, 0.15) is 17.9 Å². The van der Waals surface area contributed by atoms with Crippen LogP contribution in [-0.4, -0.2) is 38.6 Å². The molecule has 0 saturated carbocycles. The van der Waals surface area contributed by atoms with Crippen LogP contribution in [0.3, 0.4) is 0 Å². The van der Waals surface area contributed by atoms with Crippen molar-refractivity contribution in [3.05, 3.63) is 32.6 Å². The average molecular weight is 294 g/mol. The Morgan fingerprint density at radius 1 is 1.52 bits per heavy atom. The Bertz CT molecular complexity index is 666. The number of aliphatic hydroxyl groups is 2. The highest BCUT2D eigenvalue weighted by Crippen LogP contribution is 2.27. The molecule has 2 heterocycles. The maximum atomic E-state index is 11.8. The van der Waals surface area contributed by atoms with E-state index in [-0.39, 0.29) is 18.6 Å². The number of hydrogen-bond donors (Lipinski definition) is 3. The van der Waals surface area contributed by atoms with Gasteiger partial charge in [-0.05, 0) is 6.42 Å². The molecular weight excluding hydrogens is 276 g/mol. The third-order valence-corrected chi connectivity index (χ3v) is 3.26. The Balaban J connectivity index is 2.33. The van der Waals surface area contributed by atoms with Gasteiger partial charge in [0, 0.05) is 19.0 Å². The molecule has 1 saturated heterocycles. The molecule has 7 heteroatoms. The molecule has 1 aliphatic heterocycles. The summed E-state index contributed by atoms with van der Waals surface area (Å²) >= 11 is 0. The number of rotatable bonds is 3. The number of nitrogens with one attached hydrogen (secondary N) is 1. The molecule has 1 aromatic heterocycles. The molecular formula is C14H18N2O5. The molecule has 7 nitrogen and oxygen atoms in total. The minimum absolute atomic E-state index is 0.166. The predicted octanol–water partition coefficient (Wildman–Crippen LogP) is -0.671. The van der Waals surface area contributed by atoms with Gasteiger partial charge in [0.25, 0.3) is 5.56 Å². The Morgan fingerprint density at radius 3 is 2.90 bits per heavy atom. The fourth-order valence-corrected chi connectivity index (χ4v) is 2.12. The molecule has 114 valence electrons. The van der Waals surface area contributed by atoms with Crippen LogP contribution in [0.25, 0.3) is 0 Å². The third kappa shape index (κ3) is 3.42. The maximum Gasteiger partial charge on any atom is 0.330 e. The van der Waals surface area contributed by atoms with Gasteiger partial charge >= 0.3 is 5.69 Å². The number of aromatic amines is 1. The van der Waals surface area contributed by atoms with Crippen molar-refractivity contribution in [3.8, 4) is 11.8 Å². The van der Waals surface area contributed by atoms with E-state index in [1.807, 2.05) is 6.92 Å². The minimum atomic E-state index is -0.853. The molecule has 0 amide bonds. The number of aromatic nitrogens is 2. The van der Waals surface area contributed by atoms with Crippen LogP contribution in [0.2, 0.25) is 0 Å². The summed E-state index contributed by atoms with van der Waals surface area (Å²) < 4.78 is 6.59. The Kier molecular flexibility index (Phi) is 4.96. The van der Waals surface area contributed by atoms with Crippen LogP contribution in [0.5, 0.6) is 0 Å². The van der Waals surface area contributed by atoms with Gasteiger partial charge in [-0.2, -0.15) is 0 Å². The van der Waals surface area contributed by atoms with Crippen molar-refractivity contribution in [1.82, 2.24) is 9.55 Å². The molecule has 3 atom stereocenters. The molecule has 2 rings (SSSR count). The smallest absolute Gasteiger partial charge is 0.330 e. The summed E-state index contributed by atoms with van der Waals surface area (Å²) in [5.41, 5.74) is -0.998. The molecule has 0 aliphatic carbocycles. The van der Waals surface area contributed by atoms with E-state index in [0.29, 0.717) is 6.42 Å². The van der Waals surface area contributed by atoms with Gasteiger partial charge in [-0.3, -0.25) is 14.3 Å². The molecule has 1 aliphatic rings. The first-order chi connectivity index (χ1) is 10.1. The fraction of sp³-hybridized carbons (Fsp3) is 0.571. The lowest BCUT2D eigenvalue weighted by Crippen LogP contribution is -2.33. The van der Waals surface area contributed by atoms with E-state index in [1.165, 1.54) is 10.8 Å². The van der Waals surface area contributed by atoms with Gasteiger partial charge in [0.2, 0.25) is 0 Å². The molecule has 0 unspecified atom stereocenters. The number of hydrogen-bond acceptors (Lipinski definition) is 5. The van der Waals surface area contributed by atoms with Gasteiger partial charge in [-0.1, -0.05) is 18.8 Å². The summed E-state index contributed by atoms with van der Waals surface area (Å²) in [6.45, 7) is 1.64. The zero-order valence-corrected chi connectivity index (χ0v) is 11.7. The molecule has 0 spiro atoms. The third-order valence-electron chi connectivity index (χ3n) is 3.26. The van der Waals surface area contributed by atoms with Crippen LogP contribution in [0.4, 0.5) is 0 Å². The average Bonchev–Trinajstić information content (AvgIpc) is 2.82. The SMILES string of the molecule is CCCC#Cc1cn([C@H]2C[C@H](O)[C@@H](CO)O2)c(=O)[nH]c1=O. The van der Waals surface area contributed by atoms with E-state index >= 15 is 0 Å². The van der Waals surface area contributed by atoms with Crippen LogP contribution < -0.4 is 11.2 Å². The highest BCUT2D eigenvalue weighted by molar-refractivity contribution is 5.29. The maximum absolute atomic E-state index is 11.8. The molecule has 0 radical (unpaired) electrons. The lowest BCUT2D eigenvalue weighted by atomic mass is 10.2. The topological polar surface area (TPSA) is 105 Å². The number of ether oxygens (including phenoxy) is 1. The number of unbranched alkanes of at least 4 members (excludes halogenated alkanes) is 1. The second kappa shape index (κ2) is 6.72. The van der Waals surface area contributed by atoms with Crippen molar-refractivity contribution in [1.29, 1.82) is 0 Å². The van der Waals surface area contributed by atoms with E-state index in [1.54, 1.807) is 0 Å². The lowest BCUT2D eigenvalue weighted by molar-refractivity contribution is -0.0459. The van der Waals surface area contributed by atoms with Gasteiger partial charge < -0.3 is 14.9 Å². The largest absolute Gasteiger partial charge is 0.394 e. The zero-order valence-electron chi connectivity index (χ0n) is 11.7. The van der Waals surface area contributed by atoms with Crippen molar-refractivity contribution in [2.75, 3.05) is 6.61 Å². The van der Waals surface area contributed by atoms with E-state index in [4.69, 9.17) is 9.84 Å². The molecule has 1 fully saturated rings. The molecule has 0 bridgehead atoms. The van der Waals surface area contributed by atoms with Crippen LogP contribution in [0, 0.1) is 11.8 Å². The Morgan fingerprint density at radius 2 is 2.29 bits per heavy atom. The van der Waals surface area contributed by atoms with Crippen molar-refractivity contribution >= 4 is 0 Å². The second-order valence-corrected chi connectivity index (χ2v) is 4.88. The quantitative estimate of drug-likeness (QED) is 0.641. The first kappa shape index (κ1) is 15.5. The van der Waals surface area contributed by atoms with Crippen molar-refractivity contribution in [3.63, 3.8) is 0 Å². The highest BCUT2D eigenvalue weighted by Gasteiger charge is 2.35. The van der Waals surface area contributed by atoms with Crippen molar-refractivity contribution in [2.45, 2.75) is 44.6 Å². The molecule has 21 heavy (non-hydrogen) atoms. The Hall–Kier alpha value is -1.88. The van der Waals surface area contributed by atoms with E-state index in [9.17, 15) is 14.7 Å². The van der Waals surface area contributed by atoms with Crippen LogP contribution in [0.15, 0.2) is 15.8 Å². The van der Waals surface area contributed by atoms with Crippen molar-refractivity contribution in [2.24, 2.45) is 0 Å². The minimum Gasteiger partial charge on any atom is -0.394 e. The number of H-pyrrole nitrogens is 1. The summed E-state index contributed by atoms with van der Waals surface area (Å²) in [7, 11) is 0. The zero-order chi connectivity index (χ0) is 15.4. The standard InChI is InChI=1S/C14H18N2O5/c1-2-3-4-5-9-7-16(14(20)15-13(9)19)12-6-10(18)11(8-17)21-12/h7,10-12,17-18H,2-3,6,8H2,1H3,(H,15,19,20)/t10-,11+,12+/m0/s1. The summed E-state index contributed by atoms with van der Waals surface area (Å²) in [4.78, 5) is 25.7. The highest BCUT2D eigenvalue weighted by atomic mass is 16.5. The Labute approximate surface area is 121 Å². The first-order valence-electron chi connectivity index (χ1n) is 6.85. The monoisotopic (exact) mass is 294 g/mol. The van der Waals surface area contributed by atoms with Crippen LogP contribution in [0.1, 0.15) is 38.0 Å². The van der Waals surface area contributed by atoms with Gasteiger partial charge in [0.05, 0.1) is 12.7 Å². The van der Waals surface area contributed by atoms with E-state index in [2.05, 4.69) is 16.8 Å². The predicted molar refractivity (Wildman–Crippen MR) is 74.7 cm³/mol. The van der Waals surface area contributed by atoms with E-state index in [0.717, 1.165) is 6.42 Å². The molecule has 1 aromatic rings. The molecule has 0 aromatic carbocycles. The summed E-state index contributed by atoms with van der Waals surface area (Å²) in [5, 5.41) is 18.8. The van der Waals surface area contributed by atoms with Crippen LogP contribution >= 0.6 is 0 Å². The summed E-state index contributed by atoms with van der Waals surface area (Å²) in [5.74, 6) is 5.56. The summed E-state index contributed by atoms with van der Waals surface area (Å²) in [6, 6.07) is 0. The van der Waals surface area contributed by atoms with Gasteiger partial charge in [-0.15, -0.1) is 0 Å². The lowest BCUT2D eigenvalue weighted by Gasteiger charge is -2.14. The van der Waals surface area contributed by atoms with Gasteiger partial charge in [0.15, 0.2) is 0 Å². The number of aliphatic hydroxyl groups excluding tert-OH is 2. The van der Waals surface area contributed by atoms with E-state index < -0.39 is 29.7 Å². The second-order valence-electron chi connectivity index (χ2n) is 4.88. The number of nitrogens with zero attached hydrogens (tertiary/aromatic N) is 1. The van der Waals surface area contributed by atoms with Crippen LogP contribution in [-0.2, 0) is 4.74 Å². The first-order valence-corrected chi connectivity index (χ1v) is 6.85. The normalized spacial score (nSPS) is 24.6.